The maximum Gasteiger partial charge on any atom is 0.411 e. The van der Waals surface area contributed by atoms with E-state index in [2.05, 4.69) is 14.9 Å². The Bertz CT molecular complexity index is 1430. The summed E-state index contributed by atoms with van der Waals surface area (Å²) in [5, 5.41) is 17.0. The van der Waals surface area contributed by atoms with Crippen molar-refractivity contribution in [2.24, 2.45) is 11.7 Å². The monoisotopic (exact) mass is 709 g/mol. The van der Waals surface area contributed by atoms with E-state index < -0.39 is 16.1 Å². The molecule has 1 aromatic heterocycles. The summed E-state index contributed by atoms with van der Waals surface area (Å²) < 4.78 is 25.5. The molecule has 5 N–H and O–H groups in total. The smallest absolute Gasteiger partial charge is 0.411 e. The first-order valence-corrected chi connectivity index (χ1v) is 16.0. The summed E-state index contributed by atoms with van der Waals surface area (Å²) in [5.74, 6) is 0.610. The molecular formula is C27H42Cl3N9O5S. The van der Waals surface area contributed by atoms with Crippen LogP contribution in [0.4, 0.5) is 10.5 Å². The molecule has 252 valence electrons. The largest absolute Gasteiger partial charge is 0.465 e. The van der Waals surface area contributed by atoms with Crippen molar-refractivity contribution in [1.82, 2.24) is 29.0 Å². The van der Waals surface area contributed by atoms with Crippen molar-refractivity contribution < 1.29 is 23.1 Å². The summed E-state index contributed by atoms with van der Waals surface area (Å²) >= 11 is 0. The summed E-state index contributed by atoms with van der Waals surface area (Å²) in [6.45, 7) is 3.72. The van der Waals surface area contributed by atoms with Gasteiger partial charge in [0.15, 0.2) is 5.96 Å². The van der Waals surface area contributed by atoms with Gasteiger partial charge in [-0.05, 0) is 37.0 Å². The van der Waals surface area contributed by atoms with Crippen molar-refractivity contribution >= 4 is 70.9 Å². The minimum absolute atomic E-state index is 0. The zero-order valence-electron chi connectivity index (χ0n) is 25.2. The zero-order valence-corrected chi connectivity index (χ0v) is 28.4. The molecule has 0 aliphatic carbocycles. The standard InChI is InChI=1S/C27H39N9O5S.3ClH/c1-32(27(38)39)20-5-3-18(4-6-20)22-16-30-24(31-22)23-15-21(33-11-13-35(14-12-33)42(2,40)41)17-36(23)25(37)19-7-9-34(10-8-19)26(28)29;;;/h3-6,16,19,21,23H,7-15,17H2,1-2H3,(H3,28,29)(H,30,31)(H,38,39);3*1H/t21-,23-;;;/m0.../s1. The fourth-order valence-electron chi connectivity index (χ4n) is 6.21. The van der Waals surface area contributed by atoms with Crippen LogP contribution in [0.1, 0.15) is 31.1 Å². The number of guanidine groups is 1. The molecule has 3 aliphatic rings. The lowest BCUT2D eigenvalue weighted by atomic mass is 9.95. The lowest BCUT2D eigenvalue weighted by molar-refractivity contribution is -0.138. The van der Waals surface area contributed by atoms with Gasteiger partial charge in [0.05, 0.1) is 24.2 Å². The Kier molecular flexibility index (Phi) is 13.3. The first-order chi connectivity index (χ1) is 19.9. The fourth-order valence-corrected chi connectivity index (χ4v) is 7.04. The molecule has 0 spiro atoms. The topological polar surface area (TPSA) is 183 Å². The summed E-state index contributed by atoms with van der Waals surface area (Å²) in [6.07, 6.45) is 3.85. The molecule has 2 aromatic rings. The summed E-state index contributed by atoms with van der Waals surface area (Å²) in [4.78, 5) is 40.4. The number of nitrogens with zero attached hydrogens (tertiary/aromatic N) is 6. The van der Waals surface area contributed by atoms with Crippen LogP contribution < -0.4 is 10.6 Å². The van der Waals surface area contributed by atoms with Crippen LogP contribution in [0.2, 0.25) is 0 Å². The molecule has 3 saturated heterocycles. The molecule has 1 aromatic carbocycles. The Hall–Kier alpha value is -2.82. The number of benzene rings is 1. The van der Waals surface area contributed by atoms with E-state index in [1.807, 2.05) is 17.0 Å². The average molecular weight is 711 g/mol. The first kappa shape index (κ1) is 38.4. The van der Waals surface area contributed by atoms with Gasteiger partial charge in [0.2, 0.25) is 15.9 Å². The third-order valence-electron chi connectivity index (χ3n) is 8.77. The second-order valence-corrected chi connectivity index (χ2v) is 13.3. The molecular weight excluding hydrogens is 669 g/mol. The SMILES string of the molecule is CN(C(=O)O)c1ccc(-c2cnc([C@@H]3C[C@H](N4CCN(S(C)(=O)=O)CC4)CN3C(=O)C3CCN(C(=N)N)CC3)[nH]2)cc1.Cl.Cl.Cl. The lowest BCUT2D eigenvalue weighted by Crippen LogP contribution is -2.52. The maximum absolute atomic E-state index is 13.9. The van der Waals surface area contributed by atoms with Gasteiger partial charge in [-0.1, -0.05) is 12.1 Å². The van der Waals surface area contributed by atoms with Crippen LogP contribution in [0, 0.1) is 11.3 Å². The molecule has 18 heteroatoms. The van der Waals surface area contributed by atoms with Crippen molar-refractivity contribution in [1.29, 1.82) is 5.41 Å². The third-order valence-corrected chi connectivity index (χ3v) is 10.1. The molecule has 45 heavy (non-hydrogen) atoms. The van der Waals surface area contributed by atoms with E-state index in [0.29, 0.717) is 76.6 Å². The van der Waals surface area contributed by atoms with Crippen molar-refractivity contribution in [2.45, 2.75) is 31.3 Å². The second-order valence-electron chi connectivity index (χ2n) is 11.3. The van der Waals surface area contributed by atoms with Crippen LogP contribution in [-0.2, 0) is 14.8 Å². The van der Waals surface area contributed by atoms with Crippen molar-refractivity contribution in [3.05, 3.63) is 36.3 Å². The number of likely N-dealkylation sites (tertiary alicyclic amines) is 2. The van der Waals surface area contributed by atoms with Crippen molar-refractivity contribution in [3.8, 4) is 11.3 Å². The number of aromatic amines is 1. The molecule has 3 fully saturated rings. The number of rotatable bonds is 6. The number of nitrogens with one attached hydrogen (secondary N) is 2. The number of sulfonamides is 1. The van der Waals surface area contributed by atoms with Crippen LogP contribution in [-0.4, -0.2) is 126 Å². The van der Waals surface area contributed by atoms with Crippen LogP contribution in [0.3, 0.4) is 0 Å². The van der Waals surface area contributed by atoms with Crippen LogP contribution in [0.15, 0.2) is 30.5 Å². The average Bonchev–Trinajstić information content (AvgIpc) is 3.64. The summed E-state index contributed by atoms with van der Waals surface area (Å²) in [7, 11) is -1.76. The van der Waals surface area contributed by atoms with E-state index in [4.69, 9.17) is 11.1 Å². The molecule has 2 atom stereocenters. The normalized spacial score (nSPS) is 21.3. The predicted octanol–water partition coefficient (Wildman–Crippen LogP) is 2.28. The van der Waals surface area contributed by atoms with Crippen molar-refractivity contribution in [2.75, 3.05) is 64.0 Å². The lowest BCUT2D eigenvalue weighted by Gasteiger charge is -2.37. The quantitative estimate of drug-likeness (QED) is 0.258. The number of aromatic nitrogens is 2. The Morgan fingerprint density at radius 1 is 1.04 bits per heavy atom. The number of carbonyl (C=O) groups excluding carboxylic acids is 1. The number of halogens is 3. The number of piperazine rings is 1. The molecule has 5 rings (SSSR count). The first-order valence-electron chi connectivity index (χ1n) is 14.1. The highest BCUT2D eigenvalue weighted by atomic mass is 35.5. The molecule has 0 saturated carbocycles. The minimum atomic E-state index is -3.24. The molecule has 0 unspecified atom stereocenters. The van der Waals surface area contributed by atoms with E-state index in [-0.39, 0.29) is 67.1 Å². The molecule has 2 amide bonds. The van der Waals surface area contributed by atoms with E-state index >= 15 is 0 Å². The van der Waals surface area contributed by atoms with E-state index in [9.17, 15) is 23.1 Å². The minimum Gasteiger partial charge on any atom is -0.465 e. The Morgan fingerprint density at radius 2 is 1.64 bits per heavy atom. The zero-order chi connectivity index (χ0) is 30.2. The molecule has 0 radical (unpaired) electrons. The van der Waals surface area contributed by atoms with Gasteiger partial charge in [-0.3, -0.25) is 20.0 Å². The number of carbonyl (C=O) groups is 2. The van der Waals surface area contributed by atoms with Crippen LogP contribution in [0.5, 0.6) is 0 Å². The number of nitrogens with two attached hydrogens (primary N) is 1. The van der Waals surface area contributed by atoms with Gasteiger partial charge in [-0.2, -0.15) is 4.31 Å². The van der Waals surface area contributed by atoms with Gasteiger partial charge in [0.25, 0.3) is 0 Å². The summed E-state index contributed by atoms with van der Waals surface area (Å²) in [5.41, 5.74) is 7.82. The maximum atomic E-state index is 13.9. The van der Waals surface area contributed by atoms with Gasteiger partial charge in [-0.15, -0.1) is 37.2 Å². The van der Waals surface area contributed by atoms with Crippen LogP contribution in [0.25, 0.3) is 11.3 Å². The van der Waals surface area contributed by atoms with Gasteiger partial charge in [-0.25, -0.2) is 18.2 Å². The number of imidazole rings is 1. The highest BCUT2D eigenvalue weighted by Crippen LogP contribution is 2.37. The third kappa shape index (κ3) is 8.51. The number of anilines is 1. The Morgan fingerprint density at radius 3 is 2.18 bits per heavy atom. The second kappa shape index (κ2) is 15.6. The Balaban J connectivity index is 0.00000235. The number of hydrogen-bond donors (Lipinski definition) is 4. The van der Waals surface area contributed by atoms with Gasteiger partial charge < -0.3 is 25.6 Å². The van der Waals surface area contributed by atoms with Crippen LogP contribution >= 0.6 is 37.2 Å². The number of H-pyrrole nitrogens is 1. The Labute approximate surface area is 282 Å². The van der Waals surface area contributed by atoms with Gasteiger partial charge >= 0.3 is 6.09 Å². The number of hydrogen-bond acceptors (Lipinski definition) is 7. The highest BCUT2D eigenvalue weighted by Gasteiger charge is 2.43. The van der Waals surface area contributed by atoms with Crippen molar-refractivity contribution in [3.63, 3.8) is 0 Å². The van der Waals surface area contributed by atoms with E-state index in [0.717, 1.165) is 16.2 Å². The molecule has 3 aliphatic heterocycles. The number of carboxylic acid groups (broad SMARTS) is 1. The number of amides is 2. The molecule has 0 bridgehead atoms. The van der Waals surface area contributed by atoms with Gasteiger partial charge in [0.1, 0.15) is 5.82 Å². The van der Waals surface area contributed by atoms with E-state index in [1.165, 1.54) is 17.6 Å². The fraction of sp³-hybridized carbons (Fsp3) is 0.556. The molecule has 4 heterocycles. The van der Waals surface area contributed by atoms with E-state index in [1.54, 1.807) is 23.2 Å². The predicted molar refractivity (Wildman–Crippen MR) is 179 cm³/mol. The molecule has 14 nitrogen and oxygen atoms in total. The van der Waals surface area contributed by atoms with Gasteiger partial charge in [0, 0.05) is 70.5 Å². The summed E-state index contributed by atoms with van der Waals surface area (Å²) in [6, 6.07) is 6.92. The number of piperidine rings is 1. The highest BCUT2D eigenvalue weighted by molar-refractivity contribution is 7.88.